The molecule has 2 aromatic rings. The van der Waals surface area contributed by atoms with Gasteiger partial charge in [-0.05, 0) is 60.3 Å². The summed E-state index contributed by atoms with van der Waals surface area (Å²) in [5, 5.41) is 4.43. The van der Waals surface area contributed by atoms with Crippen molar-refractivity contribution in [3.63, 3.8) is 0 Å². The lowest BCUT2D eigenvalue weighted by molar-refractivity contribution is -0.0117. The normalized spacial score (nSPS) is 20.9. The van der Waals surface area contributed by atoms with Gasteiger partial charge in [-0.1, -0.05) is 12.8 Å². The number of imidazole rings is 1. The lowest BCUT2D eigenvalue weighted by Gasteiger charge is -2.30. The zero-order chi connectivity index (χ0) is 27.3. The van der Waals surface area contributed by atoms with Gasteiger partial charge in [0.15, 0.2) is 11.5 Å². The average molecular weight is 554 g/mol. The summed E-state index contributed by atoms with van der Waals surface area (Å²) >= 11 is 0. The molecule has 1 amide bonds. The smallest absolute Gasteiger partial charge is 0.416 e. The number of carbonyl (C=O) groups is 1. The van der Waals surface area contributed by atoms with Gasteiger partial charge in [-0.25, -0.2) is 19.3 Å². The molecule has 12 nitrogen and oxygen atoms in total. The van der Waals surface area contributed by atoms with Crippen molar-refractivity contribution < 1.29 is 32.6 Å². The molecule has 1 aliphatic carbocycles. The van der Waals surface area contributed by atoms with Crippen molar-refractivity contribution in [1.82, 2.24) is 19.6 Å². The number of aromatic nitrogens is 4. The fraction of sp³-hybridized carbons (Fsp3) is 0.760. The van der Waals surface area contributed by atoms with Crippen molar-refractivity contribution in [3.8, 4) is 0 Å². The van der Waals surface area contributed by atoms with E-state index in [9.17, 15) is 9.36 Å². The maximum atomic E-state index is 13.3. The molecule has 0 spiro atoms. The maximum Gasteiger partial charge on any atom is 0.416 e. The predicted octanol–water partition coefficient (Wildman–Crippen LogP) is 5.27. The van der Waals surface area contributed by atoms with Crippen molar-refractivity contribution in [3.05, 3.63) is 18.2 Å². The Kier molecular flexibility index (Phi) is 9.41. The summed E-state index contributed by atoms with van der Waals surface area (Å²) in [5.41, 5.74) is 0.625. The molecule has 38 heavy (non-hydrogen) atoms. The van der Waals surface area contributed by atoms with Gasteiger partial charge >= 0.3 is 13.7 Å². The van der Waals surface area contributed by atoms with Crippen LogP contribution in [0.25, 0.3) is 5.65 Å². The van der Waals surface area contributed by atoms with Crippen LogP contribution in [0.5, 0.6) is 0 Å². The molecule has 1 aliphatic heterocycles. The minimum atomic E-state index is -3.27. The Hall–Kier alpha value is -2.11. The third-order valence-electron chi connectivity index (χ3n) is 6.46. The molecule has 1 saturated heterocycles. The van der Waals surface area contributed by atoms with Crippen LogP contribution >= 0.6 is 7.60 Å². The highest BCUT2D eigenvalue weighted by Gasteiger charge is 2.36. The first-order chi connectivity index (χ1) is 18.1. The number of hydrogen-bond acceptors (Lipinski definition) is 10. The summed E-state index contributed by atoms with van der Waals surface area (Å²) in [7, 11) is -3.27. The van der Waals surface area contributed by atoms with Gasteiger partial charge in [-0.15, -0.1) is 0 Å². The monoisotopic (exact) mass is 553 g/mol. The summed E-state index contributed by atoms with van der Waals surface area (Å²) in [5.74, 6) is 0.438. The molecule has 13 heteroatoms. The van der Waals surface area contributed by atoms with Crippen molar-refractivity contribution in [1.29, 1.82) is 0 Å². The topological polar surface area (TPSA) is 127 Å². The van der Waals surface area contributed by atoms with Gasteiger partial charge in [0.25, 0.3) is 0 Å². The lowest BCUT2D eigenvalue weighted by atomic mass is 10.1. The van der Waals surface area contributed by atoms with Gasteiger partial charge in [-0.3, -0.25) is 9.46 Å². The highest BCUT2D eigenvalue weighted by atomic mass is 31.2. The summed E-state index contributed by atoms with van der Waals surface area (Å²) in [6, 6.07) is -0.00249. The second kappa shape index (κ2) is 12.4. The van der Waals surface area contributed by atoms with E-state index in [1.54, 1.807) is 29.5 Å². The molecular weight excluding hydrogens is 513 g/mol. The van der Waals surface area contributed by atoms with E-state index < -0.39 is 19.3 Å². The van der Waals surface area contributed by atoms with E-state index in [0.29, 0.717) is 11.5 Å². The van der Waals surface area contributed by atoms with Gasteiger partial charge in [0, 0.05) is 6.04 Å². The van der Waals surface area contributed by atoms with Gasteiger partial charge in [0.2, 0.25) is 0 Å². The molecule has 0 unspecified atom stereocenters. The van der Waals surface area contributed by atoms with Gasteiger partial charge in [0.05, 0.1) is 37.8 Å². The standard InChI is InChI=1S/C25H40N5O7P/c1-6-34-38(32,35-7-2)17-33-15-19-12-13-21(36-19)20-14-26-23-22(27-16-28-30(20)23)29(18-10-8-9-11-18)24(31)37-25(3,4)5/h14,16,18-19,21H,6-13,15,17H2,1-5H3/t19-,21+/m0/s1. The molecular formula is C25H40N5O7P. The third kappa shape index (κ3) is 6.90. The van der Waals surface area contributed by atoms with Crippen LogP contribution in [0.1, 0.15) is 84.9 Å². The van der Waals surface area contributed by atoms with E-state index in [1.807, 2.05) is 20.8 Å². The van der Waals surface area contributed by atoms with E-state index in [0.717, 1.165) is 44.2 Å². The highest BCUT2D eigenvalue weighted by Crippen LogP contribution is 2.48. The van der Waals surface area contributed by atoms with E-state index in [4.69, 9.17) is 23.3 Å². The zero-order valence-electron chi connectivity index (χ0n) is 23.0. The van der Waals surface area contributed by atoms with Crippen LogP contribution in [0.4, 0.5) is 10.6 Å². The van der Waals surface area contributed by atoms with Crippen molar-refractivity contribution in [2.45, 2.75) is 97.0 Å². The number of fused-ring (bicyclic) bond motifs is 1. The van der Waals surface area contributed by atoms with Crippen molar-refractivity contribution in [2.24, 2.45) is 0 Å². The van der Waals surface area contributed by atoms with E-state index in [2.05, 4.69) is 15.1 Å². The van der Waals surface area contributed by atoms with Crippen LogP contribution in [0.3, 0.4) is 0 Å². The minimum Gasteiger partial charge on any atom is -0.443 e. The van der Waals surface area contributed by atoms with E-state index >= 15 is 0 Å². The number of amides is 1. The number of anilines is 1. The Morgan fingerprint density at radius 3 is 2.50 bits per heavy atom. The van der Waals surface area contributed by atoms with Crippen LogP contribution in [-0.4, -0.2) is 69.6 Å². The SMILES string of the molecule is CCOP(=O)(COC[C@@H]1CC[C@H](c2cnc3c(N(C(=O)OC(C)(C)C)C4CCCC4)ncnn23)O1)OCC. The molecule has 2 aromatic heterocycles. The summed E-state index contributed by atoms with van der Waals surface area (Å²) in [4.78, 5) is 24.0. The third-order valence-corrected chi connectivity index (χ3v) is 8.26. The Labute approximate surface area is 223 Å². The Balaban J connectivity index is 1.48. The van der Waals surface area contributed by atoms with Gasteiger partial charge in [0.1, 0.15) is 24.4 Å². The molecule has 0 radical (unpaired) electrons. The second-order valence-electron chi connectivity index (χ2n) is 10.6. The minimum absolute atomic E-state index is 0.00249. The lowest BCUT2D eigenvalue weighted by Crippen LogP contribution is -2.43. The molecule has 0 N–H and O–H groups in total. The van der Waals surface area contributed by atoms with Crippen LogP contribution in [-0.2, 0) is 27.8 Å². The summed E-state index contributed by atoms with van der Waals surface area (Å²) in [6.07, 6.45) is 7.55. The molecule has 2 atom stereocenters. The predicted molar refractivity (Wildman–Crippen MR) is 140 cm³/mol. The van der Waals surface area contributed by atoms with Crippen molar-refractivity contribution in [2.75, 3.05) is 31.1 Å². The molecule has 4 rings (SSSR count). The van der Waals surface area contributed by atoms with Crippen LogP contribution < -0.4 is 4.90 Å². The number of hydrogen-bond donors (Lipinski definition) is 0. The quantitative estimate of drug-likeness (QED) is 0.340. The first-order valence-electron chi connectivity index (χ1n) is 13.5. The maximum absolute atomic E-state index is 13.3. The molecule has 212 valence electrons. The fourth-order valence-electron chi connectivity index (χ4n) is 4.94. The van der Waals surface area contributed by atoms with Gasteiger partial charge < -0.3 is 23.3 Å². The molecule has 0 bridgehead atoms. The fourth-order valence-corrected chi connectivity index (χ4v) is 6.28. The van der Waals surface area contributed by atoms with E-state index in [-0.39, 0.29) is 44.4 Å². The Morgan fingerprint density at radius 2 is 1.84 bits per heavy atom. The van der Waals surface area contributed by atoms with Gasteiger partial charge in [-0.2, -0.15) is 5.10 Å². The Morgan fingerprint density at radius 1 is 1.13 bits per heavy atom. The zero-order valence-corrected chi connectivity index (χ0v) is 23.9. The molecule has 2 fully saturated rings. The first kappa shape index (κ1) is 28.9. The van der Waals surface area contributed by atoms with Crippen LogP contribution in [0.2, 0.25) is 0 Å². The molecule has 1 saturated carbocycles. The second-order valence-corrected chi connectivity index (χ2v) is 12.6. The highest BCUT2D eigenvalue weighted by molar-refractivity contribution is 7.53. The van der Waals surface area contributed by atoms with E-state index in [1.165, 1.54) is 6.33 Å². The largest absolute Gasteiger partial charge is 0.443 e. The number of carbonyl (C=O) groups excluding carboxylic acids is 1. The first-order valence-corrected chi connectivity index (χ1v) is 15.2. The summed E-state index contributed by atoms with van der Waals surface area (Å²) < 4.78 is 42.5. The number of rotatable bonds is 11. The average Bonchev–Trinajstić information content (AvgIpc) is 3.60. The van der Waals surface area contributed by atoms with Crippen molar-refractivity contribution >= 4 is 25.2 Å². The molecule has 0 aromatic carbocycles. The molecule has 2 aliphatic rings. The number of nitrogens with zero attached hydrogens (tertiary/aromatic N) is 5. The Bertz CT molecular complexity index is 1120. The van der Waals surface area contributed by atoms with Crippen LogP contribution in [0.15, 0.2) is 12.5 Å². The molecule has 3 heterocycles. The summed E-state index contributed by atoms with van der Waals surface area (Å²) in [6.45, 7) is 9.93. The van der Waals surface area contributed by atoms with Crippen LogP contribution in [0, 0.1) is 0 Å². The number of ether oxygens (including phenoxy) is 3.